The second-order valence-corrected chi connectivity index (χ2v) is 6.30. The molecule has 5 heteroatoms. The van der Waals surface area contributed by atoms with Crippen LogP contribution in [0.2, 0.25) is 0 Å². The van der Waals surface area contributed by atoms with Gasteiger partial charge in [-0.2, -0.15) is 0 Å². The Balaban J connectivity index is 1.92. The summed E-state index contributed by atoms with van der Waals surface area (Å²) in [6.07, 6.45) is 2.14. The molecule has 2 aromatic carbocycles. The fraction of sp³-hybridized carbons (Fsp3) is 0.238. The molecule has 0 saturated heterocycles. The van der Waals surface area contributed by atoms with E-state index in [-0.39, 0.29) is 11.8 Å². The average Bonchev–Trinajstić information content (AvgIpc) is 2.61. The van der Waals surface area contributed by atoms with Gasteiger partial charge in [0.15, 0.2) is 0 Å². The van der Waals surface area contributed by atoms with Gasteiger partial charge in [0.05, 0.1) is 0 Å². The number of nitrogens with one attached hydrogen (secondary N) is 2. The third-order valence-corrected chi connectivity index (χ3v) is 3.50. The van der Waals surface area contributed by atoms with Crippen LogP contribution < -0.4 is 15.4 Å². The highest BCUT2D eigenvalue weighted by Gasteiger charge is 2.08. The van der Waals surface area contributed by atoms with E-state index in [0.717, 1.165) is 0 Å². The number of hydrogen-bond acceptors (Lipinski definition) is 3. The van der Waals surface area contributed by atoms with Gasteiger partial charge in [0, 0.05) is 23.4 Å². The van der Waals surface area contributed by atoms with E-state index in [2.05, 4.69) is 17.2 Å². The zero-order valence-electron chi connectivity index (χ0n) is 15.1. The van der Waals surface area contributed by atoms with Gasteiger partial charge in [0.1, 0.15) is 12.4 Å². The Bertz CT molecular complexity index is 750. The van der Waals surface area contributed by atoms with Crippen molar-refractivity contribution < 1.29 is 14.3 Å². The van der Waals surface area contributed by atoms with E-state index >= 15 is 0 Å². The van der Waals surface area contributed by atoms with Crippen LogP contribution in [0.1, 0.15) is 30.6 Å². The topological polar surface area (TPSA) is 67.4 Å². The maximum Gasteiger partial charge on any atom is 0.255 e. The van der Waals surface area contributed by atoms with Gasteiger partial charge in [0.2, 0.25) is 5.91 Å². The maximum absolute atomic E-state index is 12.3. The minimum Gasteiger partial charge on any atom is -0.490 e. The van der Waals surface area contributed by atoms with Gasteiger partial charge in [-0.25, -0.2) is 0 Å². The molecule has 0 bridgehead atoms. The number of ether oxygens (including phenoxy) is 1. The molecule has 0 atom stereocenters. The molecule has 2 aromatic rings. The maximum atomic E-state index is 12.3. The number of amides is 2. The van der Waals surface area contributed by atoms with Gasteiger partial charge in [-0.1, -0.05) is 26.5 Å². The van der Waals surface area contributed by atoms with Crippen LogP contribution in [-0.4, -0.2) is 18.4 Å². The third kappa shape index (κ3) is 6.09. The number of carbonyl (C=O) groups excluding carboxylic acids is 2. The van der Waals surface area contributed by atoms with E-state index < -0.39 is 0 Å². The van der Waals surface area contributed by atoms with Crippen molar-refractivity contribution in [2.45, 2.75) is 20.3 Å². The molecule has 2 amide bonds. The molecule has 136 valence electrons. The molecule has 0 aromatic heterocycles. The number of hydrogen-bond donors (Lipinski definition) is 2. The molecule has 0 radical (unpaired) electrons. The molecular weight excluding hydrogens is 328 g/mol. The largest absolute Gasteiger partial charge is 0.490 e. The first kappa shape index (κ1) is 19.2. The summed E-state index contributed by atoms with van der Waals surface area (Å²) in [5, 5.41) is 5.66. The van der Waals surface area contributed by atoms with E-state index in [9.17, 15) is 9.59 Å². The number of anilines is 2. The minimum absolute atomic E-state index is 0.0180. The van der Waals surface area contributed by atoms with Gasteiger partial charge < -0.3 is 15.4 Å². The molecule has 0 fully saturated rings. The van der Waals surface area contributed by atoms with E-state index in [0.29, 0.717) is 41.6 Å². The highest BCUT2D eigenvalue weighted by molar-refractivity contribution is 6.04. The summed E-state index contributed by atoms with van der Waals surface area (Å²) in [7, 11) is 0. The quantitative estimate of drug-likeness (QED) is 0.688. The van der Waals surface area contributed by atoms with Crippen molar-refractivity contribution in [1.29, 1.82) is 0 Å². The monoisotopic (exact) mass is 352 g/mol. The van der Waals surface area contributed by atoms with Crippen molar-refractivity contribution in [3.05, 3.63) is 66.7 Å². The molecule has 0 aliphatic carbocycles. The molecule has 5 nitrogen and oxygen atoms in total. The molecule has 2 N–H and O–H groups in total. The third-order valence-electron chi connectivity index (χ3n) is 3.50. The highest BCUT2D eigenvalue weighted by atomic mass is 16.5. The number of carbonyl (C=O) groups is 2. The SMILES string of the molecule is C=CCOc1ccc(C(=O)Nc2ccc(NC(=O)CC(C)C)cc2)cc1. The van der Waals surface area contributed by atoms with Crippen molar-refractivity contribution in [3.8, 4) is 5.75 Å². The molecule has 2 rings (SSSR count). The summed E-state index contributed by atoms with van der Waals surface area (Å²) in [6, 6.07) is 13.9. The lowest BCUT2D eigenvalue weighted by atomic mass is 10.1. The first-order chi connectivity index (χ1) is 12.5. The summed E-state index contributed by atoms with van der Waals surface area (Å²) >= 11 is 0. The lowest BCUT2D eigenvalue weighted by molar-refractivity contribution is -0.116. The van der Waals surface area contributed by atoms with Crippen molar-refractivity contribution in [2.24, 2.45) is 5.92 Å². The van der Waals surface area contributed by atoms with E-state index in [4.69, 9.17) is 4.74 Å². The molecule has 0 aliphatic rings. The summed E-state index contributed by atoms with van der Waals surface area (Å²) in [4.78, 5) is 24.1. The molecule has 0 spiro atoms. The van der Waals surface area contributed by atoms with Gasteiger partial charge in [-0.3, -0.25) is 9.59 Å². The normalized spacial score (nSPS) is 10.3. The summed E-state index contributed by atoms with van der Waals surface area (Å²) in [6.45, 7) is 8.01. The lowest BCUT2D eigenvalue weighted by Crippen LogP contribution is -2.14. The van der Waals surface area contributed by atoms with E-state index in [1.807, 2.05) is 13.8 Å². The Labute approximate surface area is 154 Å². The van der Waals surface area contributed by atoms with Crippen LogP contribution in [0.25, 0.3) is 0 Å². The number of rotatable bonds is 8. The summed E-state index contributed by atoms with van der Waals surface area (Å²) in [5.74, 6) is 0.762. The number of benzene rings is 2. The second kappa shape index (κ2) is 9.42. The first-order valence-electron chi connectivity index (χ1n) is 8.53. The smallest absolute Gasteiger partial charge is 0.255 e. The summed E-state index contributed by atoms with van der Waals surface area (Å²) in [5.41, 5.74) is 1.89. The van der Waals surface area contributed by atoms with Gasteiger partial charge in [-0.15, -0.1) is 0 Å². The molecule has 0 heterocycles. The van der Waals surface area contributed by atoms with E-state index in [1.165, 1.54) is 0 Å². The van der Waals surface area contributed by atoms with Crippen LogP contribution in [0, 0.1) is 5.92 Å². The van der Waals surface area contributed by atoms with Crippen LogP contribution >= 0.6 is 0 Å². The Morgan fingerprint density at radius 1 is 1.00 bits per heavy atom. The first-order valence-corrected chi connectivity index (χ1v) is 8.53. The molecule has 0 unspecified atom stereocenters. The van der Waals surface area contributed by atoms with Gasteiger partial charge in [0.25, 0.3) is 5.91 Å². The van der Waals surface area contributed by atoms with Crippen LogP contribution in [0.3, 0.4) is 0 Å². The average molecular weight is 352 g/mol. The van der Waals surface area contributed by atoms with Crippen LogP contribution in [-0.2, 0) is 4.79 Å². The fourth-order valence-electron chi connectivity index (χ4n) is 2.28. The molecule has 0 saturated carbocycles. The van der Waals surface area contributed by atoms with Crippen LogP contribution in [0.15, 0.2) is 61.2 Å². The predicted molar refractivity (Wildman–Crippen MR) is 105 cm³/mol. The molecular formula is C21H24N2O3. The zero-order valence-corrected chi connectivity index (χ0v) is 15.1. The summed E-state index contributed by atoms with van der Waals surface area (Å²) < 4.78 is 5.39. The predicted octanol–water partition coefficient (Wildman–Crippen LogP) is 4.49. The highest BCUT2D eigenvalue weighted by Crippen LogP contribution is 2.17. The Morgan fingerprint density at radius 3 is 2.12 bits per heavy atom. The van der Waals surface area contributed by atoms with E-state index in [1.54, 1.807) is 54.6 Å². The Hall–Kier alpha value is -3.08. The van der Waals surface area contributed by atoms with Crippen molar-refractivity contribution in [1.82, 2.24) is 0 Å². The molecule has 26 heavy (non-hydrogen) atoms. The van der Waals surface area contributed by atoms with Gasteiger partial charge in [-0.05, 0) is 54.4 Å². The minimum atomic E-state index is -0.211. The Kier molecular flexibility index (Phi) is 6.97. The van der Waals surface area contributed by atoms with Crippen molar-refractivity contribution in [3.63, 3.8) is 0 Å². The standard InChI is InChI=1S/C21H24N2O3/c1-4-13-26-19-11-5-16(6-12-19)21(25)23-18-9-7-17(8-10-18)22-20(24)14-15(2)3/h4-12,15H,1,13-14H2,2-3H3,(H,22,24)(H,23,25). The fourth-order valence-corrected chi connectivity index (χ4v) is 2.28. The lowest BCUT2D eigenvalue weighted by Gasteiger charge is -2.09. The van der Waals surface area contributed by atoms with Gasteiger partial charge >= 0.3 is 0 Å². The zero-order chi connectivity index (χ0) is 18.9. The second-order valence-electron chi connectivity index (χ2n) is 6.30. The Morgan fingerprint density at radius 2 is 1.58 bits per heavy atom. The van der Waals surface area contributed by atoms with Crippen LogP contribution in [0.4, 0.5) is 11.4 Å². The molecule has 0 aliphatic heterocycles. The van der Waals surface area contributed by atoms with Crippen molar-refractivity contribution >= 4 is 23.2 Å². The van der Waals surface area contributed by atoms with Crippen LogP contribution in [0.5, 0.6) is 5.75 Å². The van der Waals surface area contributed by atoms with Crippen molar-refractivity contribution in [2.75, 3.05) is 17.2 Å².